The van der Waals surface area contributed by atoms with E-state index in [2.05, 4.69) is 17.3 Å². The Labute approximate surface area is 109 Å². The number of nitrogens with one attached hydrogen (secondary N) is 1. The molecule has 1 aromatic rings. The predicted molar refractivity (Wildman–Crippen MR) is 73.9 cm³/mol. The molecule has 0 aliphatic carbocycles. The lowest BCUT2D eigenvalue weighted by Gasteiger charge is -2.21. The molecule has 4 nitrogen and oxygen atoms in total. The highest BCUT2D eigenvalue weighted by Gasteiger charge is 2.17. The van der Waals surface area contributed by atoms with E-state index >= 15 is 0 Å². The first kappa shape index (κ1) is 12.9. The summed E-state index contributed by atoms with van der Waals surface area (Å²) in [6.07, 6.45) is 1.04. The monoisotopic (exact) mass is 247 g/mol. The number of urea groups is 1. The molecule has 0 unspecified atom stereocenters. The topological polar surface area (TPSA) is 35.6 Å². The van der Waals surface area contributed by atoms with Gasteiger partial charge in [0, 0.05) is 25.3 Å². The molecular weight excluding hydrogens is 226 g/mol. The molecule has 0 saturated carbocycles. The van der Waals surface area contributed by atoms with Crippen molar-refractivity contribution in [3.05, 3.63) is 29.8 Å². The second kappa shape index (κ2) is 5.87. The zero-order chi connectivity index (χ0) is 13.0. The normalized spacial score (nSPS) is 17.3. The Bertz CT molecular complexity index is 419. The molecule has 0 radical (unpaired) electrons. The van der Waals surface area contributed by atoms with Gasteiger partial charge >= 0.3 is 6.03 Å². The molecule has 1 aliphatic rings. The SMILES string of the molecule is Cc1cccc(NC(=O)N2CCCN(C)CC2)c1. The van der Waals surface area contributed by atoms with Crippen LogP contribution in [0.3, 0.4) is 0 Å². The number of hydrogen-bond donors (Lipinski definition) is 1. The molecule has 0 spiro atoms. The molecule has 0 atom stereocenters. The highest BCUT2D eigenvalue weighted by atomic mass is 16.2. The number of amides is 2. The van der Waals surface area contributed by atoms with Gasteiger partial charge in [0.1, 0.15) is 0 Å². The zero-order valence-corrected chi connectivity index (χ0v) is 11.1. The van der Waals surface area contributed by atoms with Crippen LogP contribution in [0, 0.1) is 6.92 Å². The fourth-order valence-corrected chi connectivity index (χ4v) is 2.17. The van der Waals surface area contributed by atoms with Crippen LogP contribution in [0.2, 0.25) is 0 Å². The third-order valence-electron chi connectivity index (χ3n) is 3.28. The van der Waals surface area contributed by atoms with Crippen molar-refractivity contribution in [2.24, 2.45) is 0 Å². The lowest BCUT2D eigenvalue weighted by atomic mass is 10.2. The van der Waals surface area contributed by atoms with Crippen LogP contribution in [0.1, 0.15) is 12.0 Å². The summed E-state index contributed by atoms with van der Waals surface area (Å²) < 4.78 is 0. The minimum Gasteiger partial charge on any atom is -0.323 e. The Balaban J connectivity index is 1.95. The number of carbonyl (C=O) groups is 1. The lowest BCUT2D eigenvalue weighted by Crippen LogP contribution is -2.37. The molecule has 2 rings (SSSR count). The first-order chi connectivity index (χ1) is 8.65. The van der Waals surface area contributed by atoms with Crippen LogP contribution in [0.4, 0.5) is 10.5 Å². The van der Waals surface area contributed by atoms with Gasteiger partial charge in [-0.15, -0.1) is 0 Å². The summed E-state index contributed by atoms with van der Waals surface area (Å²) in [5.74, 6) is 0. The van der Waals surface area contributed by atoms with E-state index in [1.54, 1.807) is 0 Å². The molecule has 1 saturated heterocycles. The highest BCUT2D eigenvalue weighted by Crippen LogP contribution is 2.11. The Hall–Kier alpha value is -1.55. The summed E-state index contributed by atoms with van der Waals surface area (Å²) in [6.45, 7) is 5.67. The van der Waals surface area contributed by atoms with Crippen molar-refractivity contribution < 1.29 is 4.79 Å². The summed E-state index contributed by atoms with van der Waals surface area (Å²) in [7, 11) is 2.10. The van der Waals surface area contributed by atoms with E-state index in [9.17, 15) is 4.79 Å². The van der Waals surface area contributed by atoms with E-state index in [0.29, 0.717) is 0 Å². The standard InChI is InChI=1S/C14H21N3O/c1-12-5-3-6-13(11-12)15-14(18)17-8-4-7-16(2)9-10-17/h3,5-6,11H,4,7-10H2,1-2H3,(H,15,18). The van der Waals surface area contributed by atoms with E-state index in [1.165, 1.54) is 0 Å². The average Bonchev–Trinajstić information content (AvgIpc) is 2.54. The molecule has 0 aromatic heterocycles. The molecule has 2 amide bonds. The van der Waals surface area contributed by atoms with Crippen LogP contribution < -0.4 is 5.32 Å². The minimum absolute atomic E-state index is 0.0101. The van der Waals surface area contributed by atoms with E-state index in [-0.39, 0.29) is 6.03 Å². The molecule has 18 heavy (non-hydrogen) atoms. The smallest absolute Gasteiger partial charge is 0.321 e. The summed E-state index contributed by atoms with van der Waals surface area (Å²) in [5, 5.41) is 2.96. The first-order valence-electron chi connectivity index (χ1n) is 6.46. The summed E-state index contributed by atoms with van der Waals surface area (Å²) in [6, 6.07) is 7.91. The van der Waals surface area contributed by atoms with Gasteiger partial charge in [-0.2, -0.15) is 0 Å². The fraction of sp³-hybridized carbons (Fsp3) is 0.500. The summed E-state index contributed by atoms with van der Waals surface area (Å²) in [4.78, 5) is 16.3. The Morgan fingerprint density at radius 2 is 2.06 bits per heavy atom. The van der Waals surface area contributed by atoms with Crippen molar-refractivity contribution in [1.82, 2.24) is 9.80 Å². The third-order valence-corrected chi connectivity index (χ3v) is 3.28. The molecule has 1 heterocycles. The number of aryl methyl sites for hydroxylation is 1. The number of anilines is 1. The molecule has 4 heteroatoms. The van der Waals surface area contributed by atoms with Crippen molar-refractivity contribution in [3.8, 4) is 0 Å². The van der Waals surface area contributed by atoms with Crippen molar-refractivity contribution >= 4 is 11.7 Å². The van der Waals surface area contributed by atoms with Crippen molar-refractivity contribution in [2.45, 2.75) is 13.3 Å². The number of nitrogens with zero attached hydrogens (tertiary/aromatic N) is 2. The first-order valence-corrected chi connectivity index (χ1v) is 6.46. The quantitative estimate of drug-likeness (QED) is 0.825. The molecule has 1 N–H and O–H groups in total. The van der Waals surface area contributed by atoms with Gasteiger partial charge in [-0.05, 0) is 44.6 Å². The molecule has 0 bridgehead atoms. The average molecular weight is 247 g/mol. The minimum atomic E-state index is 0.0101. The Kier molecular flexibility index (Phi) is 4.20. The van der Waals surface area contributed by atoms with Gasteiger partial charge in [0.25, 0.3) is 0 Å². The van der Waals surface area contributed by atoms with Crippen LogP contribution in [0.5, 0.6) is 0 Å². The zero-order valence-electron chi connectivity index (χ0n) is 11.1. The van der Waals surface area contributed by atoms with Crippen LogP contribution in [0.25, 0.3) is 0 Å². The van der Waals surface area contributed by atoms with Gasteiger partial charge in [-0.25, -0.2) is 4.79 Å². The predicted octanol–water partition coefficient (Wildman–Crippen LogP) is 2.16. The van der Waals surface area contributed by atoms with Gasteiger partial charge < -0.3 is 15.1 Å². The largest absolute Gasteiger partial charge is 0.323 e. The van der Waals surface area contributed by atoms with Crippen molar-refractivity contribution in [2.75, 3.05) is 38.5 Å². The van der Waals surface area contributed by atoms with E-state index in [0.717, 1.165) is 43.9 Å². The summed E-state index contributed by atoms with van der Waals surface area (Å²) in [5.41, 5.74) is 2.03. The van der Waals surface area contributed by atoms with E-state index in [4.69, 9.17) is 0 Å². The molecule has 98 valence electrons. The lowest BCUT2D eigenvalue weighted by molar-refractivity contribution is 0.213. The molecule has 1 aromatic carbocycles. The maximum atomic E-state index is 12.1. The third kappa shape index (κ3) is 3.47. The van der Waals surface area contributed by atoms with Crippen LogP contribution in [-0.4, -0.2) is 49.1 Å². The fourth-order valence-electron chi connectivity index (χ4n) is 2.17. The van der Waals surface area contributed by atoms with Gasteiger partial charge in [0.2, 0.25) is 0 Å². The van der Waals surface area contributed by atoms with Gasteiger partial charge in [0.15, 0.2) is 0 Å². The maximum absolute atomic E-state index is 12.1. The number of carbonyl (C=O) groups excluding carboxylic acids is 1. The second-order valence-electron chi connectivity index (χ2n) is 4.94. The molecular formula is C14H21N3O. The van der Waals surface area contributed by atoms with Crippen LogP contribution >= 0.6 is 0 Å². The molecule has 1 aliphatic heterocycles. The number of benzene rings is 1. The maximum Gasteiger partial charge on any atom is 0.321 e. The Morgan fingerprint density at radius 3 is 2.83 bits per heavy atom. The van der Waals surface area contributed by atoms with E-state index < -0.39 is 0 Å². The van der Waals surface area contributed by atoms with Gasteiger partial charge in [0.05, 0.1) is 0 Å². The number of rotatable bonds is 1. The van der Waals surface area contributed by atoms with Crippen LogP contribution in [-0.2, 0) is 0 Å². The number of hydrogen-bond acceptors (Lipinski definition) is 2. The Morgan fingerprint density at radius 1 is 1.22 bits per heavy atom. The highest BCUT2D eigenvalue weighted by molar-refractivity contribution is 5.89. The second-order valence-corrected chi connectivity index (χ2v) is 4.94. The van der Waals surface area contributed by atoms with Gasteiger partial charge in [-0.1, -0.05) is 12.1 Å². The van der Waals surface area contributed by atoms with Crippen LogP contribution in [0.15, 0.2) is 24.3 Å². The summed E-state index contributed by atoms with van der Waals surface area (Å²) >= 11 is 0. The van der Waals surface area contributed by atoms with Crippen molar-refractivity contribution in [1.29, 1.82) is 0 Å². The number of likely N-dealkylation sites (N-methyl/N-ethyl adjacent to an activating group) is 1. The van der Waals surface area contributed by atoms with E-state index in [1.807, 2.05) is 36.1 Å². The van der Waals surface area contributed by atoms with Crippen molar-refractivity contribution in [3.63, 3.8) is 0 Å². The molecule has 1 fully saturated rings. The van der Waals surface area contributed by atoms with Gasteiger partial charge in [-0.3, -0.25) is 0 Å².